The van der Waals surface area contributed by atoms with Crippen molar-refractivity contribution in [3.63, 3.8) is 0 Å². The van der Waals surface area contributed by atoms with Crippen LogP contribution >= 0.6 is 0 Å². The van der Waals surface area contributed by atoms with E-state index in [-0.39, 0.29) is 17.6 Å². The molecule has 0 unspecified atom stereocenters. The molecule has 0 radical (unpaired) electrons. The van der Waals surface area contributed by atoms with E-state index in [0.717, 1.165) is 32.7 Å². The number of carbonyl (C=O) groups is 2. The number of hydrogen-bond acceptors (Lipinski definition) is 4. The predicted molar refractivity (Wildman–Crippen MR) is 94.2 cm³/mol. The zero-order chi connectivity index (χ0) is 18.2. The van der Waals surface area contributed by atoms with Gasteiger partial charge in [0.1, 0.15) is 5.82 Å². The predicted octanol–water partition coefficient (Wildman–Crippen LogP) is 1.97. The third-order valence-corrected chi connectivity index (χ3v) is 4.01. The summed E-state index contributed by atoms with van der Waals surface area (Å²) in [7, 11) is 1.68. The van der Waals surface area contributed by atoms with Crippen molar-refractivity contribution in [2.45, 2.75) is 13.3 Å². The van der Waals surface area contributed by atoms with E-state index >= 15 is 0 Å². The maximum atomic E-state index is 13.9. The molecule has 1 aromatic carbocycles. The summed E-state index contributed by atoms with van der Waals surface area (Å²) < 4.78 is 18.9. The van der Waals surface area contributed by atoms with Crippen LogP contribution < -0.4 is 10.6 Å². The van der Waals surface area contributed by atoms with Crippen molar-refractivity contribution < 1.29 is 18.7 Å². The fraction of sp³-hybridized carbons (Fsp3) is 0.529. The second kappa shape index (κ2) is 9.33. The van der Waals surface area contributed by atoms with E-state index < -0.39 is 5.82 Å². The van der Waals surface area contributed by atoms with Gasteiger partial charge in [0.25, 0.3) is 0 Å². The maximum Gasteiger partial charge on any atom is 0.322 e. The van der Waals surface area contributed by atoms with Gasteiger partial charge in [-0.1, -0.05) is 0 Å². The first-order valence-corrected chi connectivity index (χ1v) is 8.34. The van der Waals surface area contributed by atoms with Crippen LogP contribution in [0, 0.1) is 5.82 Å². The molecular weight excluding hydrogens is 327 g/mol. The first kappa shape index (κ1) is 19.1. The van der Waals surface area contributed by atoms with Gasteiger partial charge in [0.05, 0.1) is 5.69 Å². The van der Waals surface area contributed by atoms with E-state index in [1.165, 1.54) is 25.1 Å². The summed E-state index contributed by atoms with van der Waals surface area (Å²) in [6, 6.07) is 3.74. The molecule has 7 nitrogen and oxygen atoms in total. The largest absolute Gasteiger partial charge is 0.385 e. The molecule has 3 amide bonds. The molecule has 138 valence electrons. The summed E-state index contributed by atoms with van der Waals surface area (Å²) in [4.78, 5) is 27.4. The van der Waals surface area contributed by atoms with Crippen LogP contribution in [0.4, 0.5) is 20.6 Å². The summed E-state index contributed by atoms with van der Waals surface area (Å²) in [5, 5.41) is 5.15. The van der Waals surface area contributed by atoms with E-state index in [0.29, 0.717) is 18.8 Å². The van der Waals surface area contributed by atoms with Crippen molar-refractivity contribution in [2.75, 3.05) is 57.1 Å². The summed E-state index contributed by atoms with van der Waals surface area (Å²) in [6.45, 7) is 5.78. The molecule has 0 atom stereocenters. The molecule has 1 aromatic rings. The molecule has 1 heterocycles. The molecule has 1 fully saturated rings. The number of rotatable bonds is 6. The normalized spacial score (nSPS) is 15.1. The Kier molecular flexibility index (Phi) is 7.15. The minimum absolute atomic E-state index is 0.0544. The highest BCUT2D eigenvalue weighted by atomic mass is 19.1. The molecule has 0 aliphatic carbocycles. The van der Waals surface area contributed by atoms with Gasteiger partial charge in [-0.2, -0.15) is 0 Å². The Morgan fingerprint density at radius 2 is 1.92 bits per heavy atom. The fourth-order valence-corrected chi connectivity index (χ4v) is 2.70. The van der Waals surface area contributed by atoms with E-state index in [1.807, 2.05) is 0 Å². The van der Waals surface area contributed by atoms with Crippen molar-refractivity contribution in [1.29, 1.82) is 0 Å². The van der Waals surface area contributed by atoms with Gasteiger partial charge in [-0.05, 0) is 24.6 Å². The Morgan fingerprint density at radius 1 is 1.20 bits per heavy atom. The van der Waals surface area contributed by atoms with Gasteiger partial charge in [-0.3, -0.25) is 9.69 Å². The van der Waals surface area contributed by atoms with Crippen LogP contribution in [0.3, 0.4) is 0 Å². The van der Waals surface area contributed by atoms with Crippen molar-refractivity contribution in [3.05, 3.63) is 24.0 Å². The molecule has 1 aliphatic rings. The van der Waals surface area contributed by atoms with Gasteiger partial charge in [0.15, 0.2) is 0 Å². The van der Waals surface area contributed by atoms with Gasteiger partial charge < -0.3 is 20.3 Å². The summed E-state index contributed by atoms with van der Waals surface area (Å²) in [5.41, 5.74) is 0.492. The monoisotopic (exact) mass is 352 g/mol. The summed E-state index contributed by atoms with van der Waals surface area (Å²) in [5.74, 6) is -0.797. The van der Waals surface area contributed by atoms with Crippen molar-refractivity contribution >= 4 is 23.3 Å². The van der Waals surface area contributed by atoms with Gasteiger partial charge in [0, 0.05) is 59.1 Å². The van der Waals surface area contributed by atoms with Crippen LogP contribution in [0.2, 0.25) is 0 Å². The Bertz CT molecular complexity index is 604. The molecular formula is C17H25FN4O3. The topological polar surface area (TPSA) is 73.9 Å². The van der Waals surface area contributed by atoms with Crippen LogP contribution in [0.15, 0.2) is 18.2 Å². The van der Waals surface area contributed by atoms with Crippen LogP contribution in [0.5, 0.6) is 0 Å². The lowest BCUT2D eigenvalue weighted by Crippen LogP contribution is -2.50. The zero-order valence-corrected chi connectivity index (χ0v) is 14.7. The Balaban J connectivity index is 1.87. The quantitative estimate of drug-likeness (QED) is 0.768. The molecule has 8 heteroatoms. The molecule has 0 spiro atoms. The molecule has 0 bridgehead atoms. The lowest BCUT2D eigenvalue weighted by atomic mass is 10.2. The van der Waals surface area contributed by atoms with Crippen molar-refractivity contribution in [3.8, 4) is 0 Å². The number of halogens is 1. The number of nitrogens with one attached hydrogen (secondary N) is 2. The molecule has 2 N–H and O–H groups in total. The second-order valence-electron chi connectivity index (χ2n) is 5.98. The Hall–Kier alpha value is -2.19. The third kappa shape index (κ3) is 5.99. The molecule has 0 saturated carbocycles. The molecule has 2 rings (SSSR count). The number of benzene rings is 1. The number of urea groups is 1. The number of ether oxygens (including phenoxy) is 1. The maximum absolute atomic E-state index is 13.9. The van der Waals surface area contributed by atoms with Crippen LogP contribution in [-0.2, 0) is 9.53 Å². The molecule has 25 heavy (non-hydrogen) atoms. The Morgan fingerprint density at radius 3 is 2.56 bits per heavy atom. The lowest BCUT2D eigenvalue weighted by molar-refractivity contribution is -0.114. The van der Waals surface area contributed by atoms with Gasteiger partial charge in [-0.15, -0.1) is 0 Å². The average molecular weight is 352 g/mol. The van der Waals surface area contributed by atoms with Gasteiger partial charge in [0.2, 0.25) is 5.91 Å². The van der Waals surface area contributed by atoms with E-state index in [1.54, 1.807) is 12.0 Å². The second-order valence-corrected chi connectivity index (χ2v) is 5.98. The van der Waals surface area contributed by atoms with E-state index in [4.69, 9.17) is 4.74 Å². The van der Waals surface area contributed by atoms with Crippen LogP contribution in [-0.4, -0.2) is 68.2 Å². The minimum Gasteiger partial charge on any atom is -0.385 e. The van der Waals surface area contributed by atoms with Crippen molar-refractivity contribution in [2.24, 2.45) is 0 Å². The summed E-state index contributed by atoms with van der Waals surface area (Å²) in [6.07, 6.45) is 0.962. The molecule has 0 aromatic heterocycles. The third-order valence-electron chi connectivity index (χ3n) is 4.01. The van der Waals surface area contributed by atoms with Gasteiger partial charge in [-0.25, -0.2) is 9.18 Å². The van der Waals surface area contributed by atoms with Crippen LogP contribution in [0.1, 0.15) is 13.3 Å². The number of nitrogens with zero attached hydrogens (tertiary/aromatic N) is 2. The number of hydrogen-bond donors (Lipinski definition) is 2. The number of piperazine rings is 1. The highest BCUT2D eigenvalue weighted by molar-refractivity contribution is 5.92. The van der Waals surface area contributed by atoms with Crippen molar-refractivity contribution in [1.82, 2.24) is 9.80 Å². The van der Waals surface area contributed by atoms with Crippen LogP contribution in [0.25, 0.3) is 0 Å². The minimum atomic E-state index is -0.541. The lowest BCUT2D eigenvalue weighted by Gasteiger charge is -2.34. The zero-order valence-electron chi connectivity index (χ0n) is 14.7. The highest BCUT2D eigenvalue weighted by Crippen LogP contribution is 2.20. The standard InChI is InChI=1S/C17H25FN4O3/c1-13(23)19-14-4-5-15(18)16(12-14)20-17(24)22-9-7-21(8-10-22)6-3-11-25-2/h4-5,12H,3,6-11H2,1-2H3,(H,19,23)(H,20,24). The molecule has 1 aliphatic heterocycles. The molecule has 1 saturated heterocycles. The first-order valence-electron chi connectivity index (χ1n) is 8.34. The van der Waals surface area contributed by atoms with E-state index in [9.17, 15) is 14.0 Å². The van der Waals surface area contributed by atoms with Gasteiger partial charge >= 0.3 is 6.03 Å². The average Bonchev–Trinajstić information content (AvgIpc) is 2.58. The number of carbonyl (C=O) groups excluding carboxylic acids is 2. The summed E-state index contributed by atoms with van der Waals surface area (Å²) >= 11 is 0. The number of methoxy groups -OCH3 is 1. The highest BCUT2D eigenvalue weighted by Gasteiger charge is 2.21. The smallest absolute Gasteiger partial charge is 0.322 e. The SMILES string of the molecule is COCCCN1CCN(C(=O)Nc2cc(NC(C)=O)ccc2F)CC1. The Labute approximate surface area is 147 Å². The number of amides is 3. The fourth-order valence-electron chi connectivity index (χ4n) is 2.70. The number of anilines is 2. The van der Waals surface area contributed by atoms with E-state index in [2.05, 4.69) is 15.5 Å². The first-order chi connectivity index (χ1) is 12.0.